The van der Waals surface area contributed by atoms with Crippen molar-refractivity contribution in [2.24, 2.45) is 5.73 Å². The number of hydrogen-bond donors (Lipinski definition) is 4. The fourth-order valence-corrected chi connectivity index (χ4v) is 4.83. The number of primary amides is 1. The van der Waals surface area contributed by atoms with Crippen LogP contribution in [-0.4, -0.2) is 52.5 Å². The Hall–Kier alpha value is -4.37. The van der Waals surface area contributed by atoms with Crippen molar-refractivity contribution in [2.75, 3.05) is 37.4 Å². The van der Waals surface area contributed by atoms with E-state index in [0.717, 1.165) is 42.7 Å². The molecule has 38 heavy (non-hydrogen) atoms. The lowest BCUT2D eigenvalue weighted by Crippen LogP contribution is -2.30. The lowest BCUT2D eigenvalue weighted by atomic mass is 9.98. The van der Waals surface area contributed by atoms with Crippen LogP contribution in [0.1, 0.15) is 41.3 Å². The molecule has 3 heterocycles. The number of nitrogens with two attached hydrogens (primary N) is 1. The van der Waals surface area contributed by atoms with Crippen LogP contribution in [-0.2, 0) is 0 Å². The van der Waals surface area contributed by atoms with Crippen LogP contribution in [0.2, 0.25) is 0 Å². The van der Waals surface area contributed by atoms with Crippen molar-refractivity contribution in [3.05, 3.63) is 71.4 Å². The van der Waals surface area contributed by atoms with Gasteiger partial charge in [-0.25, -0.2) is 0 Å². The average molecular weight is 512 g/mol. The molecule has 5 N–H and O–H groups in total. The Morgan fingerprint density at radius 3 is 2.74 bits per heavy atom. The van der Waals surface area contributed by atoms with E-state index in [2.05, 4.69) is 63.6 Å². The van der Waals surface area contributed by atoms with Crippen LogP contribution in [0.25, 0.3) is 16.6 Å². The molecule has 0 radical (unpaired) electrons. The number of aromatic amines is 1. The molecular weight excluding hydrogens is 478 g/mol. The molecule has 9 heteroatoms. The van der Waals surface area contributed by atoms with Crippen LogP contribution in [0.4, 0.5) is 23.1 Å². The predicted molar refractivity (Wildman–Crippen MR) is 152 cm³/mol. The number of anilines is 4. The SMILES string of the molecule is CCCN1CCC=C(c2ccc(Nc3nc(Nc4ccc(OC)cc4C(N)=O)c4cc[nH]c4n3)c(C)c2)C1. The number of nitrogens with zero attached hydrogens (tertiary/aromatic N) is 3. The number of hydrogen-bond acceptors (Lipinski definition) is 7. The Labute approximate surface area is 222 Å². The molecule has 0 aliphatic carbocycles. The number of methoxy groups -OCH3 is 1. The van der Waals surface area contributed by atoms with Gasteiger partial charge in [-0.2, -0.15) is 9.97 Å². The molecule has 5 rings (SSSR count). The molecular formula is C29H33N7O2. The Balaban J connectivity index is 1.42. The van der Waals surface area contributed by atoms with E-state index in [4.69, 9.17) is 15.5 Å². The molecule has 0 fully saturated rings. The molecule has 1 aliphatic rings. The normalized spacial score (nSPS) is 13.8. The molecule has 0 saturated carbocycles. The van der Waals surface area contributed by atoms with Gasteiger partial charge in [0, 0.05) is 25.0 Å². The Morgan fingerprint density at radius 1 is 1.13 bits per heavy atom. The minimum absolute atomic E-state index is 0.308. The maximum atomic E-state index is 12.1. The van der Waals surface area contributed by atoms with E-state index in [-0.39, 0.29) is 0 Å². The number of aromatic nitrogens is 3. The molecule has 196 valence electrons. The van der Waals surface area contributed by atoms with Crippen molar-refractivity contribution in [3.63, 3.8) is 0 Å². The van der Waals surface area contributed by atoms with Gasteiger partial charge in [0.2, 0.25) is 5.95 Å². The molecule has 9 nitrogen and oxygen atoms in total. The van der Waals surface area contributed by atoms with Crippen LogP contribution in [0, 0.1) is 6.92 Å². The minimum atomic E-state index is -0.564. The number of carbonyl (C=O) groups excluding carboxylic acids is 1. The van der Waals surface area contributed by atoms with Crippen molar-refractivity contribution in [1.82, 2.24) is 19.9 Å². The fourth-order valence-electron chi connectivity index (χ4n) is 4.83. The molecule has 0 saturated heterocycles. The zero-order valence-electron chi connectivity index (χ0n) is 22.0. The molecule has 0 bridgehead atoms. The van der Waals surface area contributed by atoms with Crippen molar-refractivity contribution in [3.8, 4) is 5.75 Å². The molecule has 1 amide bonds. The summed E-state index contributed by atoms with van der Waals surface area (Å²) in [6.07, 6.45) is 6.41. The first-order chi connectivity index (χ1) is 18.4. The van der Waals surface area contributed by atoms with E-state index >= 15 is 0 Å². The summed E-state index contributed by atoms with van der Waals surface area (Å²) in [6.45, 7) is 7.55. The van der Waals surface area contributed by atoms with E-state index in [1.54, 1.807) is 31.5 Å². The highest BCUT2D eigenvalue weighted by atomic mass is 16.5. The average Bonchev–Trinajstić information content (AvgIpc) is 3.39. The first-order valence-electron chi connectivity index (χ1n) is 12.8. The maximum absolute atomic E-state index is 12.1. The van der Waals surface area contributed by atoms with Crippen LogP contribution in [0.3, 0.4) is 0 Å². The van der Waals surface area contributed by atoms with E-state index in [1.165, 1.54) is 17.6 Å². The molecule has 1 aliphatic heterocycles. The van der Waals surface area contributed by atoms with E-state index < -0.39 is 5.91 Å². The van der Waals surface area contributed by atoms with Gasteiger partial charge in [0.15, 0.2) is 0 Å². The standard InChI is InChI=1S/C29H33N7O2/c1-4-13-36-14-5-6-20(17-36)19-7-9-24(18(2)15-19)33-29-34-27-22(11-12-31-27)28(35-29)32-25-10-8-21(38-3)16-23(25)26(30)37/h6-12,15-16H,4-5,13-14,17H2,1-3H3,(H2,30,37)(H3,31,32,33,34,35). The molecule has 0 atom stereocenters. The van der Waals surface area contributed by atoms with E-state index in [0.29, 0.717) is 34.4 Å². The summed E-state index contributed by atoms with van der Waals surface area (Å²) in [5, 5.41) is 7.42. The van der Waals surface area contributed by atoms with Crippen molar-refractivity contribution >= 4 is 45.7 Å². The minimum Gasteiger partial charge on any atom is -0.497 e. The molecule has 2 aromatic carbocycles. The van der Waals surface area contributed by atoms with Crippen LogP contribution in [0.5, 0.6) is 5.75 Å². The Kier molecular flexibility index (Phi) is 7.28. The summed E-state index contributed by atoms with van der Waals surface area (Å²) in [4.78, 5) is 27.2. The summed E-state index contributed by atoms with van der Waals surface area (Å²) < 4.78 is 5.25. The van der Waals surface area contributed by atoms with Gasteiger partial charge in [0.05, 0.1) is 23.7 Å². The van der Waals surface area contributed by atoms with Crippen molar-refractivity contribution < 1.29 is 9.53 Å². The number of aryl methyl sites for hydroxylation is 1. The van der Waals surface area contributed by atoms with Crippen LogP contribution < -0.4 is 21.1 Å². The molecule has 2 aromatic heterocycles. The summed E-state index contributed by atoms with van der Waals surface area (Å²) in [5.74, 6) is 0.954. The Bertz CT molecular complexity index is 1510. The van der Waals surface area contributed by atoms with Crippen molar-refractivity contribution in [1.29, 1.82) is 0 Å². The van der Waals surface area contributed by atoms with Gasteiger partial charge in [-0.15, -0.1) is 0 Å². The summed E-state index contributed by atoms with van der Waals surface area (Å²) in [7, 11) is 1.54. The van der Waals surface area contributed by atoms with Gasteiger partial charge >= 0.3 is 0 Å². The largest absolute Gasteiger partial charge is 0.497 e. The molecule has 0 unspecified atom stereocenters. The van der Waals surface area contributed by atoms with Gasteiger partial charge in [-0.3, -0.25) is 9.69 Å². The third-order valence-electron chi connectivity index (χ3n) is 6.77. The monoisotopic (exact) mass is 511 g/mol. The third kappa shape index (κ3) is 5.33. The lowest BCUT2D eigenvalue weighted by molar-refractivity contribution is 0.100. The summed E-state index contributed by atoms with van der Waals surface area (Å²) >= 11 is 0. The quantitative estimate of drug-likeness (QED) is 0.239. The third-order valence-corrected chi connectivity index (χ3v) is 6.77. The number of fused-ring (bicyclic) bond motifs is 1. The highest BCUT2D eigenvalue weighted by molar-refractivity contribution is 6.01. The zero-order chi connectivity index (χ0) is 26.6. The lowest BCUT2D eigenvalue weighted by Gasteiger charge is -2.27. The first-order valence-corrected chi connectivity index (χ1v) is 12.8. The van der Waals surface area contributed by atoms with E-state index in [1.807, 2.05) is 6.07 Å². The summed E-state index contributed by atoms with van der Waals surface area (Å²) in [5.41, 5.74) is 11.8. The van der Waals surface area contributed by atoms with Gasteiger partial charge in [0.1, 0.15) is 17.2 Å². The molecule has 4 aromatic rings. The second kappa shape index (κ2) is 10.9. The topological polar surface area (TPSA) is 121 Å². The smallest absolute Gasteiger partial charge is 0.250 e. The zero-order valence-corrected chi connectivity index (χ0v) is 22.0. The highest BCUT2D eigenvalue weighted by Gasteiger charge is 2.16. The van der Waals surface area contributed by atoms with Crippen LogP contribution >= 0.6 is 0 Å². The van der Waals surface area contributed by atoms with Gasteiger partial charge < -0.3 is 26.1 Å². The number of benzene rings is 2. The second-order valence-electron chi connectivity index (χ2n) is 9.49. The number of H-pyrrole nitrogens is 1. The number of carbonyl (C=O) groups is 1. The Morgan fingerprint density at radius 2 is 1.97 bits per heavy atom. The van der Waals surface area contributed by atoms with Gasteiger partial charge in [-0.1, -0.05) is 19.1 Å². The predicted octanol–water partition coefficient (Wildman–Crippen LogP) is 5.36. The molecule has 0 spiro atoms. The maximum Gasteiger partial charge on any atom is 0.250 e. The van der Waals surface area contributed by atoms with Crippen molar-refractivity contribution in [2.45, 2.75) is 26.7 Å². The van der Waals surface area contributed by atoms with Gasteiger partial charge in [0.25, 0.3) is 5.91 Å². The number of amides is 1. The highest BCUT2D eigenvalue weighted by Crippen LogP contribution is 2.31. The number of nitrogens with one attached hydrogen (secondary N) is 3. The number of ether oxygens (including phenoxy) is 1. The first kappa shape index (κ1) is 25.3. The number of rotatable bonds is 9. The van der Waals surface area contributed by atoms with E-state index in [9.17, 15) is 4.79 Å². The fraction of sp³-hybridized carbons (Fsp3) is 0.276. The van der Waals surface area contributed by atoms with Crippen LogP contribution in [0.15, 0.2) is 54.7 Å². The second-order valence-corrected chi connectivity index (χ2v) is 9.49. The summed E-state index contributed by atoms with van der Waals surface area (Å²) in [6, 6.07) is 13.4. The van der Waals surface area contributed by atoms with Gasteiger partial charge in [-0.05, 0) is 79.4 Å².